The van der Waals surface area contributed by atoms with Crippen molar-refractivity contribution >= 4 is 12.6 Å². The van der Waals surface area contributed by atoms with E-state index in [-0.39, 0.29) is 12.6 Å². The maximum atomic E-state index is 9.33. The maximum Gasteiger partial charge on any atom is 0.150 e. The molecule has 0 radical (unpaired) electrons. The van der Waals surface area contributed by atoms with Crippen LogP contribution in [-0.2, 0) is 9.59 Å². The van der Waals surface area contributed by atoms with Crippen LogP contribution in [0.2, 0.25) is 0 Å². The zero-order chi connectivity index (χ0) is 9.98. The highest BCUT2D eigenvalue weighted by molar-refractivity contribution is 5.55. The molecule has 0 bridgehead atoms. The Balaban J connectivity index is 0. The topological polar surface area (TPSA) is 115 Å². The summed E-state index contributed by atoms with van der Waals surface area (Å²) in [5.74, 6) is 0. The van der Waals surface area contributed by atoms with Crippen LogP contribution in [0.15, 0.2) is 0 Å². The maximum absolute atomic E-state index is 9.33. The lowest BCUT2D eigenvalue weighted by atomic mass is 10.4. The minimum atomic E-state index is -1.19. The Kier molecular flexibility index (Phi) is 11.7. The number of carbonyl (C=O) groups is 2. The average molecular weight is 180 g/mol. The Morgan fingerprint density at radius 2 is 1.17 bits per heavy atom. The number of aliphatic hydroxyl groups excluding tert-OH is 4. The standard InChI is InChI=1S/2C3H6O3/c2*4-1-3(6)2-5/h2*1,3,5-6H,2H2/t2*3-/m10/s1. The lowest BCUT2D eigenvalue weighted by Crippen LogP contribution is -2.12. The molecule has 6 nitrogen and oxygen atoms in total. The second-order valence-electron chi connectivity index (χ2n) is 1.77. The summed E-state index contributed by atoms with van der Waals surface area (Å²) >= 11 is 0. The monoisotopic (exact) mass is 180 g/mol. The molecule has 0 aromatic carbocycles. The molecule has 0 aliphatic rings. The highest BCUT2D eigenvalue weighted by Crippen LogP contribution is 1.66. The number of aliphatic hydroxyl groups is 4. The molecule has 0 fully saturated rings. The molecule has 0 saturated carbocycles. The second-order valence-corrected chi connectivity index (χ2v) is 1.77. The van der Waals surface area contributed by atoms with Crippen LogP contribution in [-0.4, -0.2) is 58.4 Å². The minimum absolute atomic E-state index is 0.278. The Labute approximate surface area is 69.1 Å². The number of carbonyl (C=O) groups excluding carboxylic acids is 2. The summed E-state index contributed by atoms with van der Waals surface area (Å²) in [6.45, 7) is -0.965. The van der Waals surface area contributed by atoms with Crippen molar-refractivity contribution in [3.63, 3.8) is 0 Å². The van der Waals surface area contributed by atoms with Gasteiger partial charge in [0.2, 0.25) is 0 Å². The van der Waals surface area contributed by atoms with Crippen LogP contribution in [0.5, 0.6) is 0 Å². The highest BCUT2D eigenvalue weighted by atomic mass is 16.3. The van der Waals surface area contributed by atoms with Gasteiger partial charge in [-0.05, 0) is 0 Å². The predicted molar refractivity (Wildman–Crippen MR) is 38.3 cm³/mol. The Morgan fingerprint density at radius 3 is 1.17 bits per heavy atom. The van der Waals surface area contributed by atoms with Crippen molar-refractivity contribution in [2.24, 2.45) is 0 Å². The van der Waals surface area contributed by atoms with Crippen LogP contribution in [0.25, 0.3) is 0 Å². The van der Waals surface area contributed by atoms with Crippen molar-refractivity contribution in [1.82, 2.24) is 0 Å². The van der Waals surface area contributed by atoms with Crippen LogP contribution in [0.4, 0.5) is 0 Å². The van der Waals surface area contributed by atoms with E-state index in [0.29, 0.717) is 0 Å². The molecule has 2 atom stereocenters. The van der Waals surface area contributed by atoms with E-state index in [9.17, 15) is 9.59 Å². The predicted octanol–water partition coefficient (Wildman–Crippen LogP) is -2.92. The van der Waals surface area contributed by atoms with Gasteiger partial charge in [0.05, 0.1) is 13.2 Å². The van der Waals surface area contributed by atoms with E-state index in [2.05, 4.69) is 0 Å². The Morgan fingerprint density at radius 1 is 0.917 bits per heavy atom. The molecular formula is C6H12O6. The second kappa shape index (κ2) is 10.2. The fourth-order valence-corrected chi connectivity index (χ4v) is 0.0861. The van der Waals surface area contributed by atoms with Crippen molar-refractivity contribution in [2.75, 3.05) is 13.2 Å². The number of rotatable bonds is 4. The molecule has 12 heavy (non-hydrogen) atoms. The summed E-state index contributed by atoms with van der Waals surface area (Å²) in [6, 6.07) is 0. The van der Waals surface area contributed by atoms with Crippen LogP contribution >= 0.6 is 0 Å². The first-order valence-electron chi connectivity index (χ1n) is 3.10. The van der Waals surface area contributed by atoms with E-state index in [1.165, 1.54) is 0 Å². The molecule has 4 N–H and O–H groups in total. The number of aldehydes is 2. The molecule has 0 saturated heterocycles. The largest absolute Gasteiger partial charge is 0.393 e. The fraction of sp³-hybridized carbons (Fsp3) is 0.667. The van der Waals surface area contributed by atoms with Gasteiger partial charge in [0.25, 0.3) is 0 Å². The lowest BCUT2D eigenvalue weighted by Gasteiger charge is -1.89. The van der Waals surface area contributed by atoms with E-state index < -0.39 is 25.4 Å². The molecule has 0 spiro atoms. The lowest BCUT2D eigenvalue weighted by molar-refractivity contribution is -0.117. The molecule has 0 aromatic heterocycles. The van der Waals surface area contributed by atoms with Crippen molar-refractivity contribution in [2.45, 2.75) is 12.2 Å². The molecule has 0 heterocycles. The van der Waals surface area contributed by atoms with Crippen LogP contribution in [0.1, 0.15) is 0 Å². The van der Waals surface area contributed by atoms with Gasteiger partial charge >= 0.3 is 0 Å². The van der Waals surface area contributed by atoms with Gasteiger partial charge in [0.1, 0.15) is 12.2 Å². The molecule has 0 unspecified atom stereocenters. The van der Waals surface area contributed by atoms with Gasteiger partial charge in [-0.25, -0.2) is 0 Å². The van der Waals surface area contributed by atoms with Gasteiger partial charge in [0, 0.05) is 0 Å². The third kappa shape index (κ3) is 11.9. The third-order valence-corrected chi connectivity index (χ3v) is 0.688. The third-order valence-electron chi connectivity index (χ3n) is 0.688. The van der Waals surface area contributed by atoms with Crippen LogP contribution in [0, 0.1) is 0 Å². The van der Waals surface area contributed by atoms with Crippen molar-refractivity contribution in [1.29, 1.82) is 0 Å². The van der Waals surface area contributed by atoms with Crippen LogP contribution in [0.3, 0.4) is 0 Å². The number of hydrogen-bond acceptors (Lipinski definition) is 6. The molecule has 0 aromatic rings. The quantitative estimate of drug-likeness (QED) is 0.344. The normalized spacial score (nSPS) is 13.7. The first-order chi connectivity index (χ1) is 5.62. The zero-order valence-electron chi connectivity index (χ0n) is 6.33. The van der Waals surface area contributed by atoms with Gasteiger partial charge in [-0.3, -0.25) is 0 Å². The van der Waals surface area contributed by atoms with Crippen molar-refractivity contribution in [3.8, 4) is 0 Å². The van der Waals surface area contributed by atoms with Gasteiger partial charge in [-0.15, -0.1) is 0 Å². The average Bonchev–Trinajstić information content (AvgIpc) is 2.16. The van der Waals surface area contributed by atoms with Gasteiger partial charge in [-0.2, -0.15) is 0 Å². The molecule has 0 rings (SSSR count). The van der Waals surface area contributed by atoms with Crippen molar-refractivity contribution in [3.05, 3.63) is 0 Å². The summed E-state index contributed by atoms with van der Waals surface area (Å²) in [5.41, 5.74) is 0. The molecule has 72 valence electrons. The fourth-order valence-electron chi connectivity index (χ4n) is 0.0861. The molecule has 0 aliphatic carbocycles. The SMILES string of the molecule is O=C[C@@H](O)CO.O=C[C@H](O)CO. The summed E-state index contributed by atoms with van der Waals surface area (Å²) in [5, 5.41) is 31.8. The van der Waals surface area contributed by atoms with E-state index >= 15 is 0 Å². The number of hydrogen-bond donors (Lipinski definition) is 4. The zero-order valence-corrected chi connectivity index (χ0v) is 6.33. The van der Waals surface area contributed by atoms with Crippen molar-refractivity contribution < 1.29 is 30.0 Å². The van der Waals surface area contributed by atoms with E-state index in [1.54, 1.807) is 0 Å². The first kappa shape index (κ1) is 13.7. The van der Waals surface area contributed by atoms with Gasteiger partial charge < -0.3 is 30.0 Å². The molecule has 0 amide bonds. The summed E-state index contributed by atoms with van der Waals surface area (Å²) < 4.78 is 0. The Hall–Kier alpha value is -0.820. The first-order valence-corrected chi connectivity index (χ1v) is 3.10. The van der Waals surface area contributed by atoms with Gasteiger partial charge in [-0.1, -0.05) is 0 Å². The Bertz CT molecular complexity index is 101. The summed E-state index contributed by atoms with van der Waals surface area (Å²) in [4.78, 5) is 18.7. The minimum Gasteiger partial charge on any atom is -0.393 e. The highest BCUT2D eigenvalue weighted by Gasteiger charge is 1.93. The molecular weight excluding hydrogens is 168 g/mol. The van der Waals surface area contributed by atoms with Crippen LogP contribution < -0.4 is 0 Å². The van der Waals surface area contributed by atoms with Gasteiger partial charge in [0.15, 0.2) is 12.6 Å². The molecule has 0 aliphatic heterocycles. The molecule has 6 heteroatoms. The summed E-state index contributed by atoms with van der Waals surface area (Å²) in [6.07, 6.45) is -1.82. The van der Waals surface area contributed by atoms with E-state index in [4.69, 9.17) is 20.4 Å². The van der Waals surface area contributed by atoms with E-state index in [1.807, 2.05) is 0 Å². The smallest absolute Gasteiger partial charge is 0.150 e. The summed E-state index contributed by atoms with van der Waals surface area (Å²) in [7, 11) is 0. The van der Waals surface area contributed by atoms with E-state index in [0.717, 1.165) is 0 Å².